The van der Waals surface area contributed by atoms with Crippen LogP contribution in [-0.4, -0.2) is 38.2 Å². The number of ether oxygens (including phenoxy) is 1. The van der Waals surface area contributed by atoms with Crippen molar-refractivity contribution in [2.75, 3.05) is 18.6 Å². The van der Waals surface area contributed by atoms with Gasteiger partial charge in [-0.2, -0.15) is 13.2 Å². The van der Waals surface area contributed by atoms with Crippen LogP contribution in [0.2, 0.25) is 0 Å². The van der Waals surface area contributed by atoms with E-state index in [9.17, 15) is 13.2 Å². The molecule has 1 aliphatic heterocycles. The summed E-state index contributed by atoms with van der Waals surface area (Å²) < 4.78 is 46.6. The molecule has 0 bridgehead atoms. The third-order valence-electron chi connectivity index (χ3n) is 5.31. The van der Waals surface area contributed by atoms with Gasteiger partial charge in [-0.25, -0.2) is 19.9 Å². The third-order valence-corrected chi connectivity index (χ3v) is 5.31. The van der Waals surface area contributed by atoms with E-state index in [1.807, 2.05) is 58.2 Å². The molecule has 7 nitrogen and oxygen atoms in total. The van der Waals surface area contributed by atoms with Crippen molar-refractivity contribution in [1.29, 1.82) is 0 Å². The van der Waals surface area contributed by atoms with Gasteiger partial charge in [0.15, 0.2) is 11.5 Å². The molecule has 1 aromatic carbocycles. The number of halogens is 3. The Balaban J connectivity index is 1.62. The Morgan fingerprint density at radius 1 is 1.00 bits per heavy atom. The number of hydrogen-bond donors (Lipinski definition) is 0. The predicted octanol–water partition coefficient (Wildman–Crippen LogP) is 4.85. The summed E-state index contributed by atoms with van der Waals surface area (Å²) in [6, 6.07) is 11.3. The second-order valence-electron chi connectivity index (χ2n) is 7.58. The maximum Gasteiger partial charge on any atom is 0.433 e. The number of imidazole rings is 1. The van der Waals surface area contributed by atoms with Gasteiger partial charge in [0.1, 0.15) is 22.7 Å². The second kappa shape index (κ2) is 8.62. The number of nitrogens with zero attached hydrogens (tertiary/aromatic N) is 6. The van der Waals surface area contributed by atoms with Crippen molar-refractivity contribution in [3.8, 4) is 17.3 Å². The molecule has 10 heteroatoms. The van der Waals surface area contributed by atoms with Crippen molar-refractivity contribution in [3.05, 3.63) is 84.3 Å². The van der Waals surface area contributed by atoms with E-state index in [0.29, 0.717) is 30.2 Å². The molecule has 0 radical (unpaired) electrons. The fourth-order valence-corrected chi connectivity index (χ4v) is 3.64. The molecule has 3 aromatic heterocycles. The van der Waals surface area contributed by atoms with Crippen LogP contribution in [0.1, 0.15) is 11.3 Å². The molecule has 1 aliphatic rings. The molecular weight excluding hydrogens is 445 g/mol. The summed E-state index contributed by atoms with van der Waals surface area (Å²) >= 11 is 0. The minimum atomic E-state index is -4.56. The summed E-state index contributed by atoms with van der Waals surface area (Å²) in [4.78, 5) is 19.2. The third kappa shape index (κ3) is 4.21. The van der Waals surface area contributed by atoms with Crippen molar-refractivity contribution in [2.45, 2.75) is 12.7 Å². The fraction of sp³-hybridized carbons (Fsp3) is 0.167. The molecule has 0 saturated carbocycles. The number of aromatic nitrogens is 5. The van der Waals surface area contributed by atoms with Crippen LogP contribution >= 0.6 is 0 Å². The van der Waals surface area contributed by atoms with Crippen molar-refractivity contribution < 1.29 is 17.9 Å². The lowest BCUT2D eigenvalue weighted by Gasteiger charge is -2.21. The SMILES string of the molecule is COc1ccc(Cn2c(N3C=CC=CC3)nc3cnc(-c4cccc(C(F)(F)F)n4)nc32)cc1. The van der Waals surface area contributed by atoms with Gasteiger partial charge in [0.25, 0.3) is 0 Å². The minimum Gasteiger partial charge on any atom is -0.497 e. The topological polar surface area (TPSA) is 69.0 Å². The smallest absolute Gasteiger partial charge is 0.433 e. The number of methoxy groups -OCH3 is 1. The van der Waals surface area contributed by atoms with E-state index >= 15 is 0 Å². The molecule has 4 aromatic rings. The fourth-order valence-electron chi connectivity index (χ4n) is 3.64. The van der Waals surface area contributed by atoms with E-state index in [1.165, 1.54) is 18.3 Å². The number of hydrogen-bond acceptors (Lipinski definition) is 6. The predicted molar refractivity (Wildman–Crippen MR) is 121 cm³/mol. The van der Waals surface area contributed by atoms with Gasteiger partial charge < -0.3 is 9.64 Å². The summed E-state index contributed by atoms with van der Waals surface area (Å²) in [6.07, 6.45) is 4.72. The van der Waals surface area contributed by atoms with Gasteiger partial charge in [-0.05, 0) is 35.9 Å². The van der Waals surface area contributed by atoms with Crippen LogP contribution in [0, 0.1) is 0 Å². The highest BCUT2D eigenvalue weighted by atomic mass is 19.4. The average molecular weight is 464 g/mol. The van der Waals surface area contributed by atoms with E-state index in [1.54, 1.807) is 7.11 Å². The van der Waals surface area contributed by atoms with E-state index in [0.717, 1.165) is 17.4 Å². The molecule has 0 spiro atoms. The molecule has 0 saturated heterocycles. The molecule has 0 unspecified atom stereocenters. The van der Waals surface area contributed by atoms with Crippen molar-refractivity contribution in [3.63, 3.8) is 0 Å². The summed E-state index contributed by atoms with van der Waals surface area (Å²) in [7, 11) is 1.60. The standard InChI is InChI=1S/C24H19F3N6O/c1-34-17-10-8-16(9-11-17)15-33-22-19(30-23(33)32-12-3-2-4-13-32)14-28-21(31-22)18-6-5-7-20(29-18)24(25,26)27/h2-12,14H,13,15H2,1H3. The summed E-state index contributed by atoms with van der Waals surface area (Å²) in [5, 5.41) is 0. The molecular formula is C24H19F3N6O. The maximum atomic E-state index is 13.2. The Labute approximate surface area is 192 Å². The zero-order chi connectivity index (χ0) is 23.7. The van der Waals surface area contributed by atoms with Gasteiger partial charge in [0.05, 0.1) is 19.9 Å². The quantitative estimate of drug-likeness (QED) is 0.421. The molecule has 0 atom stereocenters. The average Bonchev–Trinajstić information content (AvgIpc) is 3.22. The normalized spacial score (nSPS) is 13.6. The van der Waals surface area contributed by atoms with Crippen LogP contribution in [-0.2, 0) is 12.7 Å². The van der Waals surface area contributed by atoms with Crippen molar-refractivity contribution >= 4 is 17.1 Å². The van der Waals surface area contributed by atoms with Crippen LogP contribution in [0.15, 0.2) is 73.1 Å². The summed E-state index contributed by atoms with van der Waals surface area (Å²) in [5.41, 5.74) is 1.05. The zero-order valence-corrected chi connectivity index (χ0v) is 18.1. The lowest BCUT2D eigenvalue weighted by atomic mass is 10.2. The zero-order valence-electron chi connectivity index (χ0n) is 18.1. The van der Waals surface area contributed by atoms with Crippen LogP contribution < -0.4 is 9.64 Å². The first-order valence-electron chi connectivity index (χ1n) is 10.4. The number of anilines is 1. The second-order valence-corrected chi connectivity index (χ2v) is 7.58. The Hall–Kier alpha value is -4.21. The van der Waals surface area contributed by atoms with Gasteiger partial charge >= 0.3 is 6.18 Å². The summed E-state index contributed by atoms with van der Waals surface area (Å²) in [6.45, 7) is 1.06. The Bertz CT molecular complexity index is 1390. The molecule has 0 amide bonds. The van der Waals surface area contributed by atoms with Crippen LogP contribution in [0.4, 0.5) is 19.1 Å². The number of fused-ring (bicyclic) bond motifs is 1. The van der Waals surface area contributed by atoms with Gasteiger partial charge in [0, 0.05) is 12.7 Å². The Kier molecular flexibility index (Phi) is 5.48. The highest BCUT2D eigenvalue weighted by molar-refractivity contribution is 5.76. The molecule has 4 heterocycles. The van der Waals surface area contributed by atoms with E-state index in [2.05, 4.69) is 15.0 Å². The van der Waals surface area contributed by atoms with Gasteiger partial charge in [-0.3, -0.25) is 4.57 Å². The first-order chi connectivity index (χ1) is 16.4. The lowest BCUT2D eigenvalue weighted by Crippen LogP contribution is -2.22. The lowest BCUT2D eigenvalue weighted by molar-refractivity contribution is -0.141. The Morgan fingerprint density at radius 3 is 2.53 bits per heavy atom. The van der Waals surface area contributed by atoms with Gasteiger partial charge in [0.2, 0.25) is 5.95 Å². The van der Waals surface area contributed by atoms with Crippen LogP contribution in [0.3, 0.4) is 0 Å². The Morgan fingerprint density at radius 2 is 1.82 bits per heavy atom. The first-order valence-corrected chi connectivity index (χ1v) is 10.4. The molecule has 0 aliphatic carbocycles. The molecule has 0 N–H and O–H groups in total. The number of benzene rings is 1. The number of allylic oxidation sites excluding steroid dienone is 2. The monoisotopic (exact) mass is 464 g/mol. The van der Waals surface area contributed by atoms with Gasteiger partial charge in [-0.1, -0.05) is 30.4 Å². The number of pyridine rings is 1. The molecule has 172 valence electrons. The van der Waals surface area contributed by atoms with Crippen molar-refractivity contribution in [2.24, 2.45) is 0 Å². The first kappa shape index (κ1) is 21.6. The highest BCUT2D eigenvalue weighted by Gasteiger charge is 2.32. The van der Waals surface area contributed by atoms with E-state index < -0.39 is 11.9 Å². The van der Waals surface area contributed by atoms with E-state index in [-0.39, 0.29) is 11.5 Å². The molecule has 5 rings (SSSR count). The van der Waals surface area contributed by atoms with Gasteiger partial charge in [-0.15, -0.1) is 0 Å². The van der Waals surface area contributed by atoms with Crippen LogP contribution in [0.25, 0.3) is 22.7 Å². The van der Waals surface area contributed by atoms with E-state index in [4.69, 9.17) is 9.72 Å². The molecule has 34 heavy (non-hydrogen) atoms. The minimum absolute atomic E-state index is 0.0382. The summed E-state index contributed by atoms with van der Waals surface area (Å²) in [5.74, 6) is 1.48. The number of rotatable bonds is 5. The van der Waals surface area contributed by atoms with Crippen molar-refractivity contribution in [1.82, 2.24) is 24.5 Å². The highest BCUT2D eigenvalue weighted by Crippen LogP contribution is 2.30. The molecule has 0 fully saturated rings. The van der Waals surface area contributed by atoms with Crippen LogP contribution in [0.5, 0.6) is 5.75 Å². The maximum absolute atomic E-state index is 13.2. The largest absolute Gasteiger partial charge is 0.497 e. The number of alkyl halides is 3.